The van der Waals surface area contributed by atoms with E-state index >= 15 is 0 Å². The molecule has 3 heterocycles. The molecule has 0 atom stereocenters. The largest absolute Gasteiger partial charge is 0.462 e. The van der Waals surface area contributed by atoms with Gasteiger partial charge in [-0.2, -0.15) is 0 Å². The van der Waals surface area contributed by atoms with Crippen LogP contribution in [0.5, 0.6) is 0 Å². The van der Waals surface area contributed by atoms with Crippen molar-refractivity contribution in [3.05, 3.63) is 45.8 Å². The van der Waals surface area contributed by atoms with Crippen LogP contribution < -0.4 is 5.32 Å². The molecule has 3 rings (SSSR count). The van der Waals surface area contributed by atoms with Crippen LogP contribution in [0.4, 0.5) is 5.82 Å². The summed E-state index contributed by atoms with van der Waals surface area (Å²) in [5.41, 5.74) is 1.94. The smallest absolute Gasteiger partial charge is 0.341 e. The van der Waals surface area contributed by atoms with E-state index in [-0.39, 0.29) is 5.97 Å². The number of anilines is 1. The second kappa shape index (κ2) is 7.57. The number of carbonyl (C=O) groups is 1. The summed E-state index contributed by atoms with van der Waals surface area (Å²) in [7, 11) is 0. The predicted molar refractivity (Wildman–Crippen MR) is 92.0 cm³/mol. The third-order valence-electron chi connectivity index (χ3n) is 3.91. The Morgan fingerprint density at radius 2 is 2.39 bits per heavy atom. The first-order valence-corrected chi connectivity index (χ1v) is 8.79. The first kappa shape index (κ1) is 16.0. The Labute approximate surface area is 140 Å². The van der Waals surface area contributed by atoms with E-state index in [1.165, 1.54) is 10.4 Å². The second-order valence-electron chi connectivity index (χ2n) is 5.44. The minimum absolute atomic E-state index is 0.330. The molecule has 0 amide bonds. The molecule has 1 N–H and O–H groups in total. The number of rotatable bonds is 6. The number of esters is 1. The highest BCUT2D eigenvalue weighted by atomic mass is 32.1. The van der Waals surface area contributed by atoms with E-state index < -0.39 is 0 Å². The maximum absolute atomic E-state index is 11.9. The minimum Gasteiger partial charge on any atom is -0.462 e. The highest BCUT2D eigenvalue weighted by Crippen LogP contribution is 2.23. The molecule has 0 unspecified atom stereocenters. The SMILES string of the molecule is CCOC(=O)c1cccnc1NCCN1CCc2sccc2C1. The van der Waals surface area contributed by atoms with E-state index in [2.05, 4.69) is 26.6 Å². The van der Waals surface area contributed by atoms with Gasteiger partial charge in [-0.25, -0.2) is 9.78 Å². The number of hydrogen-bond donors (Lipinski definition) is 1. The standard InChI is InChI=1S/C17H21N3O2S/c1-2-22-17(21)14-4-3-7-18-16(14)19-8-10-20-9-5-15-13(12-20)6-11-23-15/h3-4,6-7,11H,2,5,8-10,12H2,1H3,(H,18,19). The topological polar surface area (TPSA) is 54.5 Å². The number of nitrogens with one attached hydrogen (secondary N) is 1. The van der Waals surface area contributed by atoms with Gasteiger partial charge in [-0.15, -0.1) is 11.3 Å². The van der Waals surface area contributed by atoms with E-state index in [1.807, 2.05) is 11.3 Å². The minimum atomic E-state index is -0.330. The molecule has 0 fully saturated rings. The summed E-state index contributed by atoms with van der Waals surface area (Å²) < 4.78 is 5.07. The van der Waals surface area contributed by atoms with E-state index in [1.54, 1.807) is 25.3 Å². The van der Waals surface area contributed by atoms with Crippen molar-refractivity contribution in [3.8, 4) is 0 Å². The summed E-state index contributed by atoms with van der Waals surface area (Å²) in [4.78, 5) is 20.1. The molecule has 2 aromatic heterocycles. The quantitative estimate of drug-likeness (QED) is 0.825. The fourth-order valence-corrected chi connectivity index (χ4v) is 3.64. The van der Waals surface area contributed by atoms with E-state index in [4.69, 9.17) is 4.74 Å². The molecule has 6 heteroatoms. The first-order chi connectivity index (χ1) is 11.3. The Balaban J connectivity index is 1.54. The molecule has 0 spiro atoms. The lowest BCUT2D eigenvalue weighted by molar-refractivity contribution is 0.0527. The maximum atomic E-state index is 11.9. The van der Waals surface area contributed by atoms with Crippen molar-refractivity contribution in [1.29, 1.82) is 0 Å². The van der Waals surface area contributed by atoms with E-state index in [0.717, 1.165) is 32.6 Å². The predicted octanol–water partition coefficient (Wildman–Crippen LogP) is 2.79. The fourth-order valence-electron chi connectivity index (χ4n) is 2.75. The summed E-state index contributed by atoms with van der Waals surface area (Å²) in [6, 6.07) is 5.71. The summed E-state index contributed by atoms with van der Waals surface area (Å²) in [5.74, 6) is 0.267. The number of hydrogen-bond acceptors (Lipinski definition) is 6. The van der Waals surface area contributed by atoms with Gasteiger partial charge < -0.3 is 10.1 Å². The van der Waals surface area contributed by atoms with Crippen LogP contribution in [-0.4, -0.2) is 42.1 Å². The average molecular weight is 331 g/mol. The van der Waals surface area contributed by atoms with Crippen LogP contribution in [0, 0.1) is 0 Å². The Morgan fingerprint density at radius 1 is 1.48 bits per heavy atom. The number of aromatic nitrogens is 1. The van der Waals surface area contributed by atoms with Gasteiger partial charge in [0.25, 0.3) is 0 Å². The lowest BCUT2D eigenvalue weighted by Crippen LogP contribution is -2.33. The zero-order chi connectivity index (χ0) is 16.1. The summed E-state index contributed by atoms with van der Waals surface area (Å²) in [6.45, 7) is 5.94. The highest BCUT2D eigenvalue weighted by molar-refractivity contribution is 7.10. The molecule has 122 valence electrons. The van der Waals surface area contributed by atoms with Crippen molar-refractivity contribution in [2.75, 3.05) is 31.6 Å². The highest BCUT2D eigenvalue weighted by Gasteiger charge is 2.17. The van der Waals surface area contributed by atoms with Crippen molar-refractivity contribution in [2.24, 2.45) is 0 Å². The fraction of sp³-hybridized carbons (Fsp3) is 0.412. The third kappa shape index (κ3) is 3.89. The third-order valence-corrected chi connectivity index (χ3v) is 4.93. The van der Waals surface area contributed by atoms with Gasteiger partial charge in [-0.1, -0.05) is 0 Å². The van der Waals surface area contributed by atoms with Gasteiger partial charge in [0.2, 0.25) is 0 Å². The van der Waals surface area contributed by atoms with Gasteiger partial charge >= 0.3 is 5.97 Å². The molecule has 0 aromatic carbocycles. The van der Waals surface area contributed by atoms with Crippen molar-refractivity contribution >= 4 is 23.1 Å². The lowest BCUT2D eigenvalue weighted by atomic mass is 10.1. The normalized spacial score (nSPS) is 14.3. The number of nitrogens with zero attached hydrogens (tertiary/aromatic N) is 2. The van der Waals surface area contributed by atoms with Crippen LogP contribution in [0.3, 0.4) is 0 Å². The number of fused-ring (bicyclic) bond motifs is 1. The Bertz CT molecular complexity index is 671. The number of carbonyl (C=O) groups excluding carboxylic acids is 1. The van der Waals surface area contributed by atoms with Crippen LogP contribution in [-0.2, 0) is 17.7 Å². The lowest BCUT2D eigenvalue weighted by Gasteiger charge is -2.26. The number of thiophene rings is 1. The van der Waals surface area contributed by atoms with Crippen LogP contribution in [0.2, 0.25) is 0 Å². The maximum Gasteiger partial charge on any atom is 0.341 e. The summed E-state index contributed by atoms with van der Waals surface area (Å²) in [5, 5.41) is 5.44. The number of pyridine rings is 1. The zero-order valence-electron chi connectivity index (χ0n) is 13.2. The Hall–Kier alpha value is -1.92. The average Bonchev–Trinajstić information content (AvgIpc) is 3.03. The monoisotopic (exact) mass is 331 g/mol. The molecule has 1 aliphatic rings. The van der Waals surface area contributed by atoms with E-state index in [0.29, 0.717) is 18.0 Å². The molecule has 23 heavy (non-hydrogen) atoms. The first-order valence-electron chi connectivity index (χ1n) is 7.91. The van der Waals surface area contributed by atoms with Crippen molar-refractivity contribution < 1.29 is 9.53 Å². The van der Waals surface area contributed by atoms with Crippen molar-refractivity contribution in [3.63, 3.8) is 0 Å². The molecule has 0 aliphatic carbocycles. The van der Waals surface area contributed by atoms with Crippen LogP contribution in [0.25, 0.3) is 0 Å². The molecule has 1 aliphatic heterocycles. The summed E-state index contributed by atoms with van der Waals surface area (Å²) in [6.07, 6.45) is 2.81. The van der Waals surface area contributed by atoms with Gasteiger partial charge in [0, 0.05) is 37.3 Å². The molecule has 2 aromatic rings. The van der Waals surface area contributed by atoms with Gasteiger partial charge in [0.05, 0.1) is 6.61 Å². The van der Waals surface area contributed by atoms with Crippen LogP contribution in [0.1, 0.15) is 27.7 Å². The van der Waals surface area contributed by atoms with Crippen molar-refractivity contribution in [1.82, 2.24) is 9.88 Å². The molecule has 0 radical (unpaired) electrons. The molecular weight excluding hydrogens is 310 g/mol. The van der Waals surface area contributed by atoms with Gasteiger partial charge in [0.1, 0.15) is 11.4 Å². The molecule has 0 bridgehead atoms. The number of ether oxygens (including phenoxy) is 1. The van der Waals surface area contributed by atoms with Gasteiger partial charge in [0.15, 0.2) is 0 Å². The zero-order valence-corrected chi connectivity index (χ0v) is 14.1. The Morgan fingerprint density at radius 3 is 3.26 bits per heavy atom. The van der Waals surface area contributed by atoms with Crippen LogP contribution in [0.15, 0.2) is 29.8 Å². The summed E-state index contributed by atoms with van der Waals surface area (Å²) >= 11 is 1.85. The Kier molecular flexibility index (Phi) is 5.25. The van der Waals surface area contributed by atoms with Crippen LogP contribution >= 0.6 is 11.3 Å². The molecule has 5 nitrogen and oxygen atoms in total. The van der Waals surface area contributed by atoms with Gasteiger partial charge in [-0.05, 0) is 42.5 Å². The van der Waals surface area contributed by atoms with E-state index in [9.17, 15) is 4.79 Å². The second-order valence-corrected chi connectivity index (χ2v) is 6.44. The molecule has 0 saturated carbocycles. The van der Waals surface area contributed by atoms with Crippen molar-refractivity contribution in [2.45, 2.75) is 19.9 Å². The van der Waals surface area contributed by atoms with Gasteiger partial charge in [-0.3, -0.25) is 4.90 Å². The molecular formula is C17H21N3O2S. The molecule has 0 saturated heterocycles.